The Balaban J connectivity index is 1.96. The van der Waals surface area contributed by atoms with E-state index < -0.39 is 4.92 Å². The van der Waals surface area contributed by atoms with Crippen molar-refractivity contribution in [2.75, 3.05) is 20.3 Å². The molecule has 0 bridgehead atoms. The molecule has 158 valence electrons. The van der Waals surface area contributed by atoms with Crippen LogP contribution in [0.2, 0.25) is 0 Å². The summed E-state index contributed by atoms with van der Waals surface area (Å²) in [5, 5.41) is 11.1. The highest BCUT2D eigenvalue weighted by molar-refractivity contribution is 7.16. The second kappa shape index (κ2) is 9.64. The van der Waals surface area contributed by atoms with Crippen molar-refractivity contribution in [3.63, 3.8) is 0 Å². The first-order valence-electron chi connectivity index (χ1n) is 9.49. The number of hydrogen-bond acceptors (Lipinski definition) is 6. The topological polar surface area (TPSA) is 96.0 Å². The maximum absolute atomic E-state index is 12.6. The van der Waals surface area contributed by atoms with Gasteiger partial charge in [-0.05, 0) is 37.1 Å². The summed E-state index contributed by atoms with van der Waals surface area (Å²) in [6, 6.07) is 10.2. The van der Waals surface area contributed by atoms with Gasteiger partial charge in [0.2, 0.25) is 0 Å². The summed E-state index contributed by atoms with van der Waals surface area (Å²) in [6.07, 6.45) is 0.157. The second-order valence-electron chi connectivity index (χ2n) is 6.63. The number of ether oxygens (including phenoxy) is 2. The first-order chi connectivity index (χ1) is 14.4. The van der Waals surface area contributed by atoms with Crippen molar-refractivity contribution >= 4 is 33.1 Å². The fourth-order valence-electron chi connectivity index (χ4n) is 3.15. The molecule has 0 aliphatic carbocycles. The van der Waals surface area contributed by atoms with Crippen LogP contribution in [-0.2, 0) is 22.5 Å². The van der Waals surface area contributed by atoms with Gasteiger partial charge < -0.3 is 14.0 Å². The number of aromatic nitrogens is 1. The normalized spacial score (nSPS) is 11.8. The number of fused-ring (bicyclic) bond motifs is 1. The number of non-ortho nitro benzene ring substituents is 1. The van der Waals surface area contributed by atoms with E-state index >= 15 is 0 Å². The molecule has 0 radical (unpaired) electrons. The molecule has 3 rings (SSSR count). The van der Waals surface area contributed by atoms with Crippen molar-refractivity contribution in [2.24, 2.45) is 4.99 Å². The molecule has 0 aliphatic rings. The highest BCUT2D eigenvalue weighted by Crippen LogP contribution is 2.23. The van der Waals surface area contributed by atoms with E-state index in [9.17, 15) is 14.9 Å². The summed E-state index contributed by atoms with van der Waals surface area (Å²) in [4.78, 5) is 28.1. The molecule has 9 heteroatoms. The minimum absolute atomic E-state index is 0.00675. The number of benzene rings is 2. The van der Waals surface area contributed by atoms with Gasteiger partial charge in [-0.25, -0.2) is 0 Å². The molecular weight excluding hydrogens is 406 g/mol. The lowest BCUT2D eigenvalue weighted by atomic mass is 10.1. The number of nitro benzene ring substituents is 1. The van der Waals surface area contributed by atoms with E-state index in [-0.39, 0.29) is 18.0 Å². The summed E-state index contributed by atoms with van der Waals surface area (Å²) in [7, 11) is 1.61. The Morgan fingerprint density at radius 2 is 2.07 bits per heavy atom. The minimum Gasteiger partial charge on any atom is -0.496 e. The number of carbonyl (C=O) groups excluding carboxylic acids is 1. The third-order valence-electron chi connectivity index (χ3n) is 4.58. The zero-order chi connectivity index (χ0) is 21.7. The molecule has 30 heavy (non-hydrogen) atoms. The summed E-state index contributed by atoms with van der Waals surface area (Å²) in [6.45, 7) is 5.37. The van der Waals surface area contributed by atoms with E-state index in [1.807, 2.05) is 36.6 Å². The van der Waals surface area contributed by atoms with Crippen molar-refractivity contribution in [3.05, 3.63) is 62.4 Å². The van der Waals surface area contributed by atoms with Crippen molar-refractivity contribution in [1.29, 1.82) is 0 Å². The lowest BCUT2D eigenvalue weighted by Gasteiger charge is -2.06. The fourth-order valence-corrected chi connectivity index (χ4v) is 4.25. The summed E-state index contributed by atoms with van der Waals surface area (Å²) in [5.41, 5.74) is 2.59. The Labute approximate surface area is 177 Å². The molecule has 8 nitrogen and oxygen atoms in total. The average Bonchev–Trinajstić information content (AvgIpc) is 3.04. The van der Waals surface area contributed by atoms with Gasteiger partial charge in [-0.1, -0.05) is 23.5 Å². The summed E-state index contributed by atoms with van der Waals surface area (Å²) < 4.78 is 13.3. The van der Waals surface area contributed by atoms with E-state index in [1.54, 1.807) is 13.2 Å². The maximum atomic E-state index is 12.6. The molecule has 1 amide bonds. The number of nitrogens with zero attached hydrogens (tertiary/aromatic N) is 3. The smallest absolute Gasteiger partial charge is 0.270 e. The SMILES string of the molecule is CCOCCn1c(=NC(=O)Cc2ccc(OC)c(C)c2)sc2cc([N+](=O)[O-])ccc21. The monoisotopic (exact) mass is 429 g/mol. The van der Waals surface area contributed by atoms with Gasteiger partial charge >= 0.3 is 0 Å². The van der Waals surface area contributed by atoms with E-state index in [1.165, 1.54) is 23.5 Å². The Hall–Kier alpha value is -3.04. The van der Waals surface area contributed by atoms with Crippen molar-refractivity contribution in [3.8, 4) is 5.75 Å². The van der Waals surface area contributed by atoms with Crippen molar-refractivity contribution < 1.29 is 19.2 Å². The third-order valence-corrected chi connectivity index (χ3v) is 5.62. The lowest BCUT2D eigenvalue weighted by molar-refractivity contribution is -0.384. The van der Waals surface area contributed by atoms with Crippen LogP contribution in [0.4, 0.5) is 5.69 Å². The van der Waals surface area contributed by atoms with E-state index in [4.69, 9.17) is 9.47 Å². The molecule has 0 spiro atoms. The second-order valence-corrected chi connectivity index (χ2v) is 7.64. The van der Waals surface area contributed by atoms with Gasteiger partial charge in [0.05, 0.1) is 35.3 Å². The fraction of sp³-hybridized carbons (Fsp3) is 0.333. The zero-order valence-corrected chi connectivity index (χ0v) is 17.9. The molecule has 0 atom stereocenters. The number of carbonyl (C=O) groups is 1. The number of methoxy groups -OCH3 is 1. The number of aryl methyl sites for hydroxylation is 1. The minimum atomic E-state index is -0.433. The van der Waals surface area contributed by atoms with Gasteiger partial charge in [-0.3, -0.25) is 14.9 Å². The number of hydrogen-bond donors (Lipinski definition) is 0. The van der Waals surface area contributed by atoms with Crippen LogP contribution < -0.4 is 9.54 Å². The molecule has 0 fully saturated rings. The first kappa shape index (κ1) is 21.7. The lowest BCUT2D eigenvalue weighted by Crippen LogP contribution is -2.20. The third kappa shape index (κ3) is 4.92. The molecule has 1 heterocycles. The molecular formula is C21H23N3O5S. The Morgan fingerprint density at radius 3 is 2.73 bits per heavy atom. The zero-order valence-electron chi connectivity index (χ0n) is 17.1. The highest BCUT2D eigenvalue weighted by Gasteiger charge is 2.13. The van der Waals surface area contributed by atoms with Gasteiger partial charge in [0.15, 0.2) is 4.80 Å². The largest absolute Gasteiger partial charge is 0.496 e. The molecule has 0 unspecified atom stereocenters. The molecule has 1 aromatic heterocycles. The number of nitro groups is 1. The maximum Gasteiger partial charge on any atom is 0.270 e. The number of amides is 1. The molecule has 2 aromatic carbocycles. The van der Waals surface area contributed by atoms with E-state index in [0.717, 1.165) is 22.4 Å². The Kier molecular flexibility index (Phi) is 6.96. The van der Waals surface area contributed by atoms with Crippen LogP contribution in [0, 0.1) is 17.0 Å². The summed E-state index contributed by atoms with van der Waals surface area (Å²) >= 11 is 1.26. The van der Waals surface area contributed by atoms with Gasteiger partial charge in [0, 0.05) is 25.3 Å². The van der Waals surface area contributed by atoms with Crippen LogP contribution in [0.15, 0.2) is 41.4 Å². The first-order valence-corrected chi connectivity index (χ1v) is 10.3. The van der Waals surface area contributed by atoms with Crippen LogP contribution >= 0.6 is 11.3 Å². The number of rotatable bonds is 8. The average molecular weight is 429 g/mol. The summed E-state index contributed by atoms with van der Waals surface area (Å²) in [5.74, 6) is 0.480. The van der Waals surface area contributed by atoms with Gasteiger partial charge in [-0.2, -0.15) is 4.99 Å². The molecule has 0 saturated carbocycles. The van der Waals surface area contributed by atoms with Crippen molar-refractivity contribution in [2.45, 2.75) is 26.8 Å². The Bertz CT molecular complexity index is 1150. The predicted octanol–water partition coefficient (Wildman–Crippen LogP) is 3.63. The Morgan fingerprint density at radius 1 is 1.27 bits per heavy atom. The highest BCUT2D eigenvalue weighted by atomic mass is 32.1. The molecule has 3 aromatic rings. The van der Waals surface area contributed by atoms with Crippen LogP contribution in [0.5, 0.6) is 5.75 Å². The number of thiazole rings is 1. The quantitative estimate of drug-likeness (QED) is 0.309. The predicted molar refractivity (Wildman–Crippen MR) is 115 cm³/mol. The van der Waals surface area contributed by atoms with Crippen LogP contribution in [-0.4, -0.2) is 35.7 Å². The van der Waals surface area contributed by atoms with Gasteiger partial charge in [-0.15, -0.1) is 0 Å². The molecule has 0 saturated heterocycles. The standard InChI is InChI=1S/C21H23N3O5S/c1-4-29-10-9-23-17-7-6-16(24(26)27)13-19(17)30-21(23)22-20(25)12-15-5-8-18(28-3)14(2)11-15/h5-8,11,13H,4,9-10,12H2,1-3H3. The van der Waals surface area contributed by atoms with E-state index in [2.05, 4.69) is 4.99 Å². The van der Waals surface area contributed by atoms with Gasteiger partial charge in [0.1, 0.15) is 5.75 Å². The van der Waals surface area contributed by atoms with Crippen LogP contribution in [0.25, 0.3) is 10.2 Å². The van der Waals surface area contributed by atoms with E-state index in [0.29, 0.717) is 29.3 Å². The van der Waals surface area contributed by atoms with Gasteiger partial charge in [0.25, 0.3) is 11.6 Å². The van der Waals surface area contributed by atoms with Crippen LogP contribution in [0.3, 0.4) is 0 Å². The molecule has 0 aliphatic heterocycles. The van der Waals surface area contributed by atoms with Crippen molar-refractivity contribution in [1.82, 2.24) is 4.57 Å². The molecule has 0 N–H and O–H groups in total. The van der Waals surface area contributed by atoms with Crippen LogP contribution in [0.1, 0.15) is 18.1 Å².